The maximum Gasteiger partial charge on any atom is 0.260 e. The number of aliphatic hydroxyl groups excluding tert-OH is 1. The predicted molar refractivity (Wildman–Crippen MR) is 65.9 cm³/mol. The Bertz CT molecular complexity index is 452. The maximum absolute atomic E-state index is 11.6. The molecule has 1 amide bonds. The van der Waals surface area contributed by atoms with Crippen molar-refractivity contribution >= 4 is 5.91 Å². The van der Waals surface area contributed by atoms with Crippen molar-refractivity contribution in [1.82, 2.24) is 5.32 Å². The molecule has 0 aromatic heterocycles. The summed E-state index contributed by atoms with van der Waals surface area (Å²) in [6.45, 7) is 3.38. The number of carbonyl (C=O) groups excluding carboxylic acids is 1. The molecule has 0 saturated carbocycles. The van der Waals surface area contributed by atoms with Crippen LogP contribution in [0.15, 0.2) is 24.3 Å². The number of carbonyl (C=O) groups is 1. The molecule has 5 nitrogen and oxygen atoms in total. The second-order valence-electron chi connectivity index (χ2n) is 3.99. The van der Waals surface area contributed by atoms with Crippen molar-refractivity contribution in [2.75, 3.05) is 6.54 Å². The van der Waals surface area contributed by atoms with Gasteiger partial charge in [0.25, 0.3) is 5.91 Å². The van der Waals surface area contributed by atoms with Gasteiger partial charge in [0, 0.05) is 6.54 Å². The zero-order valence-electron chi connectivity index (χ0n) is 10.4. The first-order chi connectivity index (χ1) is 8.52. The molecule has 0 bridgehead atoms. The lowest BCUT2D eigenvalue weighted by Crippen LogP contribution is -2.39. The Labute approximate surface area is 106 Å². The van der Waals surface area contributed by atoms with Crippen LogP contribution in [-0.2, 0) is 4.79 Å². The fourth-order valence-electron chi connectivity index (χ4n) is 1.29. The van der Waals surface area contributed by atoms with Crippen molar-refractivity contribution in [2.24, 2.45) is 0 Å². The van der Waals surface area contributed by atoms with Crippen LogP contribution in [0.1, 0.15) is 19.4 Å². The van der Waals surface area contributed by atoms with E-state index in [0.29, 0.717) is 11.3 Å². The summed E-state index contributed by atoms with van der Waals surface area (Å²) in [6.07, 6.45) is -1.28. The average Bonchev–Trinajstić information content (AvgIpc) is 2.36. The zero-order valence-corrected chi connectivity index (χ0v) is 10.4. The van der Waals surface area contributed by atoms with E-state index in [4.69, 9.17) is 15.1 Å². The average molecular weight is 248 g/mol. The van der Waals surface area contributed by atoms with Crippen LogP contribution in [0.3, 0.4) is 0 Å². The van der Waals surface area contributed by atoms with Gasteiger partial charge in [0.15, 0.2) is 6.10 Å². The van der Waals surface area contributed by atoms with E-state index < -0.39 is 12.2 Å². The maximum atomic E-state index is 11.6. The largest absolute Gasteiger partial charge is 0.481 e. The summed E-state index contributed by atoms with van der Waals surface area (Å²) in [5.74, 6) is 0.159. The molecule has 2 unspecified atom stereocenters. The number of rotatable bonds is 5. The second-order valence-corrected chi connectivity index (χ2v) is 3.99. The van der Waals surface area contributed by atoms with Gasteiger partial charge in [0.05, 0.1) is 17.7 Å². The van der Waals surface area contributed by atoms with Crippen LogP contribution in [0.25, 0.3) is 0 Å². The van der Waals surface area contributed by atoms with Gasteiger partial charge in [-0.15, -0.1) is 0 Å². The van der Waals surface area contributed by atoms with Crippen LogP contribution < -0.4 is 10.1 Å². The summed E-state index contributed by atoms with van der Waals surface area (Å²) in [5, 5.41) is 20.3. The van der Waals surface area contributed by atoms with Crippen molar-refractivity contribution in [3.63, 3.8) is 0 Å². The lowest BCUT2D eigenvalue weighted by atomic mass is 10.2. The van der Waals surface area contributed by atoms with Crippen LogP contribution >= 0.6 is 0 Å². The molecule has 0 aliphatic carbocycles. The van der Waals surface area contributed by atoms with Gasteiger partial charge in [-0.2, -0.15) is 5.26 Å². The Morgan fingerprint density at radius 1 is 1.56 bits per heavy atom. The second kappa shape index (κ2) is 6.62. The molecule has 2 atom stereocenters. The minimum absolute atomic E-state index is 0.185. The number of nitriles is 1. The van der Waals surface area contributed by atoms with Crippen molar-refractivity contribution in [3.8, 4) is 11.8 Å². The molecule has 1 rings (SSSR count). The third-order valence-corrected chi connectivity index (χ3v) is 2.22. The van der Waals surface area contributed by atoms with Crippen LogP contribution in [0.2, 0.25) is 0 Å². The Hall–Kier alpha value is -2.06. The summed E-state index contributed by atoms with van der Waals surface area (Å²) < 4.78 is 5.41. The van der Waals surface area contributed by atoms with Gasteiger partial charge >= 0.3 is 0 Å². The van der Waals surface area contributed by atoms with Crippen molar-refractivity contribution in [3.05, 3.63) is 29.8 Å². The standard InChI is InChI=1S/C13H16N2O3/c1-9(16)8-15-13(17)10(2)18-12-5-3-4-11(6-12)7-14/h3-6,9-10,16H,8H2,1-2H3,(H,15,17). The van der Waals surface area contributed by atoms with E-state index in [1.54, 1.807) is 38.1 Å². The molecule has 2 N–H and O–H groups in total. The molecule has 0 spiro atoms. The molecular formula is C13H16N2O3. The van der Waals surface area contributed by atoms with Crippen LogP contribution in [-0.4, -0.2) is 29.8 Å². The molecule has 0 saturated heterocycles. The SMILES string of the molecule is CC(O)CNC(=O)C(C)Oc1cccc(C#N)c1. The number of benzene rings is 1. The molecule has 0 aliphatic rings. The highest BCUT2D eigenvalue weighted by molar-refractivity contribution is 5.80. The van der Waals surface area contributed by atoms with Crippen LogP contribution in [0.4, 0.5) is 0 Å². The fourth-order valence-corrected chi connectivity index (χ4v) is 1.29. The lowest BCUT2D eigenvalue weighted by Gasteiger charge is -2.15. The molecule has 96 valence electrons. The summed E-state index contributed by atoms with van der Waals surface area (Å²) in [6, 6.07) is 8.59. The molecule has 0 aliphatic heterocycles. The highest BCUT2D eigenvalue weighted by Gasteiger charge is 2.14. The first kappa shape index (κ1) is 14.0. The molecule has 1 aromatic carbocycles. The van der Waals surface area contributed by atoms with E-state index in [0.717, 1.165) is 0 Å². The van der Waals surface area contributed by atoms with Gasteiger partial charge in [-0.25, -0.2) is 0 Å². The van der Waals surface area contributed by atoms with E-state index in [1.807, 2.05) is 6.07 Å². The molecular weight excluding hydrogens is 232 g/mol. The van der Waals surface area contributed by atoms with Gasteiger partial charge in [-0.3, -0.25) is 4.79 Å². The third kappa shape index (κ3) is 4.44. The van der Waals surface area contributed by atoms with Gasteiger partial charge in [0.2, 0.25) is 0 Å². The molecule has 0 heterocycles. The van der Waals surface area contributed by atoms with E-state index in [-0.39, 0.29) is 12.5 Å². The lowest BCUT2D eigenvalue weighted by molar-refractivity contribution is -0.127. The number of aliphatic hydroxyl groups is 1. The molecule has 5 heteroatoms. The number of amides is 1. The summed E-state index contributed by atoms with van der Waals surface area (Å²) >= 11 is 0. The minimum atomic E-state index is -0.683. The van der Waals surface area contributed by atoms with Crippen molar-refractivity contribution in [1.29, 1.82) is 5.26 Å². The Balaban J connectivity index is 2.55. The smallest absolute Gasteiger partial charge is 0.260 e. The van der Waals surface area contributed by atoms with E-state index >= 15 is 0 Å². The van der Waals surface area contributed by atoms with Gasteiger partial charge in [-0.1, -0.05) is 6.07 Å². The number of ether oxygens (including phenoxy) is 1. The number of nitrogens with one attached hydrogen (secondary N) is 1. The highest BCUT2D eigenvalue weighted by atomic mass is 16.5. The Morgan fingerprint density at radius 2 is 2.28 bits per heavy atom. The monoisotopic (exact) mass is 248 g/mol. The molecule has 1 aromatic rings. The number of nitrogens with zero attached hydrogens (tertiary/aromatic N) is 1. The third-order valence-electron chi connectivity index (χ3n) is 2.22. The Kier molecular flexibility index (Phi) is 5.15. The highest BCUT2D eigenvalue weighted by Crippen LogP contribution is 2.14. The van der Waals surface area contributed by atoms with Gasteiger partial charge in [0.1, 0.15) is 5.75 Å². The van der Waals surface area contributed by atoms with Crippen molar-refractivity contribution in [2.45, 2.75) is 26.1 Å². The molecule has 0 radical (unpaired) electrons. The normalized spacial score (nSPS) is 13.2. The van der Waals surface area contributed by atoms with Crippen LogP contribution in [0, 0.1) is 11.3 Å². The number of hydrogen-bond acceptors (Lipinski definition) is 4. The Morgan fingerprint density at radius 3 is 2.89 bits per heavy atom. The number of hydrogen-bond donors (Lipinski definition) is 2. The van der Waals surface area contributed by atoms with E-state index in [1.165, 1.54) is 0 Å². The van der Waals surface area contributed by atoms with E-state index in [9.17, 15) is 4.79 Å². The summed E-state index contributed by atoms with van der Waals surface area (Å²) in [4.78, 5) is 11.6. The van der Waals surface area contributed by atoms with Gasteiger partial charge < -0.3 is 15.2 Å². The van der Waals surface area contributed by atoms with Crippen molar-refractivity contribution < 1.29 is 14.6 Å². The topological polar surface area (TPSA) is 82.3 Å². The minimum Gasteiger partial charge on any atom is -0.481 e. The van der Waals surface area contributed by atoms with Gasteiger partial charge in [-0.05, 0) is 32.0 Å². The fraction of sp³-hybridized carbons (Fsp3) is 0.385. The summed E-state index contributed by atoms with van der Waals surface area (Å²) in [5.41, 5.74) is 0.476. The zero-order chi connectivity index (χ0) is 13.5. The molecule has 0 fully saturated rings. The first-order valence-corrected chi connectivity index (χ1v) is 5.65. The molecule has 18 heavy (non-hydrogen) atoms. The first-order valence-electron chi connectivity index (χ1n) is 5.65. The van der Waals surface area contributed by atoms with E-state index in [2.05, 4.69) is 5.32 Å². The van der Waals surface area contributed by atoms with Crippen LogP contribution in [0.5, 0.6) is 5.75 Å². The quantitative estimate of drug-likeness (QED) is 0.808. The summed E-state index contributed by atoms with van der Waals surface area (Å²) in [7, 11) is 0. The predicted octanol–water partition coefficient (Wildman–Crippen LogP) is 0.823.